The van der Waals surface area contributed by atoms with E-state index in [9.17, 15) is 0 Å². The minimum absolute atomic E-state index is 0.00329. The Morgan fingerprint density at radius 1 is 1.08 bits per heavy atom. The molecule has 4 heteroatoms. The second kappa shape index (κ2) is 8.10. The van der Waals surface area contributed by atoms with Crippen LogP contribution in [0.1, 0.15) is 34.7 Å². The first-order valence-electron chi connectivity index (χ1n) is 9.17. The van der Waals surface area contributed by atoms with Crippen molar-refractivity contribution in [3.8, 4) is 0 Å². The Hall–Kier alpha value is -1.39. The van der Waals surface area contributed by atoms with Crippen LogP contribution in [0.15, 0.2) is 41.4 Å². The molecule has 0 N–H and O–H groups in total. The fourth-order valence-electron chi connectivity index (χ4n) is 3.28. The van der Waals surface area contributed by atoms with Crippen molar-refractivity contribution in [1.29, 1.82) is 0 Å². The highest BCUT2D eigenvalue weighted by atomic mass is 32.2. The smallest absolute Gasteiger partial charge is 0.112 e. The minimum Gasteiger partial charge on any atom is -0.366 e. The van der Waals surface area contributed by atoms with Gasteiger partial charge in [0, 0.05) is 25.1 Å². The van der Waals surface area contributed by atoms with Gasteiger partial charge < -0.3 is 4.90 Å². The molecule has 0 bridgehead atoms. The first-order chi connectivity index (χ1) is 12.5. The molecule has 0 amide bonds. The molecule has 3 rings (SSSR count). The summed E-state index contributed by atoms with van der Waals surface area (Å²) >= 11 is 4.14. The number of hydrogen-bond donors (Lipinski definition) is 0. The van der Waals surface area contributed by atoms with Gasteiger partial charge in [-0.15, -0.1) is 23.5 Å². The molecular weight excluding hydrogens is 356 g/mol. The zero-order valence-electron chi connectivity index (χ0n) is 16.4. The van der Waals surface area contributed by atoms with Crippen molar-refractivity contribution in [3.05, 3.63) is 64.2 Å². The van der Waals surface area contributed by atoms with E-state index in [2.05, 4.69) is 99.6 Å². The number of nitrogens with zero attached hydrogens (tertiary/aromatic N) is 2. The molecule has 2 aromatic rings. The molecule has 1 saturated heterocycles. The second-order valence-electron chi connectivity index (χ2n) is 6.95. The van der Waals surface area contributed by atoms with Gasteiger partial charge >= 0.3 is 0 Å². The highest BCUT2D eigenvalue weighted by Gasteiger charge is 2.40. The summed E-state index contributed by atoms with van der Waals surface area (Å²) in [6.45, 7) is 9.68. The maximum Gasteiger partial charge on any atom is 0.112 e. The average molecular weight is 385 g/mol. The standard InChI is InChI=1S/C22H28N2S2/c1-6-24(5)15-23-21-14-17(3)20(13-18(21)4)22(25-10-11-26-22)19-9-7-8-16(2)12-19/h7-9,12-15H,6,10-11H2,1-5H3. The third kappa shape index (κ3) is 3.81. The minimum atomic E-state index is 0.00329. The molecule has 0 aliphatic carbocycles. The second-order valence-corrected chi connectivity index (χ2v) is 9.83. The van der Waals surface area contributed by atoms with Crippen LogP contribution in [0.4, 0.5) is 5.69 Å². The first kappa shape index (κ1) is 19.4. The van der Waals surface area contributed by atoms with E-state index < -0.39 is 0 Å². The molecule has 0 saturated carbocycles. The summed E-state index contributed by atoms with van der Waals surface area (Å²) < 4.78 is 0.00329. The van der Waals surface area contributed by atoms with E-state index in [1.165, 1.54) is 39.3 Å². The van der Waals surface area contributed by atoms with Crippen LogP contribution in [-0.2, 0) is 4.08 Å². The lowest BCUT2D eigenvalue weighted by Crippen LogP contribution is -2.18. The molecule has 1 aliphatic rings. The van der Waals surface area contributed by atoms with Gasteiger partial charge in [0.2, 0.25) is 0 Å². The van der Waals surface area contributed by atoms with E-state index in [0.29, 0.717) is 0 Å². The van der Waals surface area contributed by atoms with Crippen LogP contribution in [0.25, 0.3) is 0 Å². The summed E-state index contributed by atoms with van der Waals surface area (Å²) in [5.41, 5.74) is 7.80. The van der Waals surface area contributed by atoms with Crippen LogP contribution in [0.3, 0.4) is 0 Å². The van der Waals surface area contributed by atoms with Gasteiger partial charge in [-0.25, -0.2) is 4.99 Å². The number of thioether (sulfide) groups is 2. The van der Waals surface area contributed by atoms with Crippen molar-refractivity contribution in [2.24, 2.45) is 4.99 Å². The maximum atomic E-state index is 4.70. The Bertz CT molecular complexity index is 808. The predicted octanol–water partition coefficient (Wildman–Crippen LogP) is 5.90. The van der Waals surface area contributed by atoms with Crippen LogP contribution in [0, 0.1) is 20.8 Å². The highest BCUT2D eigenvalue weighted by molar-refractivity contribution is 8.20. The molecule has 0 unspecified atom stereocenters. The zero-order valence-corrected chi connectivity index (χ0v) is 18.0. The highest BCUT2D eigenvalue weighted by Crippen LogP contribution is 2.57. The van der Waals surface area contributed by atoms with Gasteiger partial charge in [-0.05, 0) is 56.0 Å². The van der Waals surface area contributed by atoms with Crippen molar-refractivity contribution in [3.63, 3.8) is 0 Å². The van der Waals surface area contributed by atoms with Gasteiger partial charge in [-0.1, -0.05) is 35.9 Å². The molecule has 138 valence electrons. The van der Waals surface area contributed by atoms with Gasteiger partial charge in [0.05, 0.1) is 12.0 Å². The predicted molar refractivity (Wildman–Crippen MR) is 119 cm³/mol. The lowest BCUT2D eigenvalue weighted by molar-refractivity contribution is 0.552. The summed E-state index contributed by atoms with van der Waals surface area (Å²) in [5, 5.41) is 0. The molecule has 0 atom stereocenters. The van der Waals surface area contributed by atoms with E-state index >= 15 is 0 Å². The van der Waals surface area contributed by atoms with Crippen molar-refractivity contribution in [2.45, 2.75) is 31.8 Å². The first-order valence-corrected chi connectivity index (χ1v) is 11.1. The van der Waals surface area contributed by atoms with E-state index in [-0.39, 0.29) is 4.08 Å². The van der Waals surface area contributed by atoms with E-state index in [1.54, 1.807) is 0 Å². The number of aryl methyl sites for hydroxylation is 3. The van der Waals surface area contributed by atoms with E-state index in [4.69, 9.17) is 4.99 Å². The summed E-state index contributed by atoms with van der Waals surface area (Å²) in [7, 11) is 2.05. The lowest BCUT2D eigenvalue weighted by Gasteiger charge is -2.31. The monoisotopic (exact) mass is 384 g/mol. The van der Waals surface area contributed by atoms with Crippen molar-refractivity contribution >= 4 is 35.5 Å². The third-order valence-electron chi connectivity index (χ3n) is 4.88. The van der Waals surface area contributed by atoms with Gasteiger partial charge in [0.15, 0.2) is 0 Å². The van der Waals surface area contributed by atoms with Crippen molar-refractivity contribution < 1.29 is 0 Å². The SMILES string of the molecule is CCN(C)C=Nc1cc(C)c(C2(c3cccc(C)c3)SCCS2)cc1C. The van der Waals surface area contributed by atoms with E-state index in [0.717, 1.165) is 12.2 Å². The zero-order chi connectivity index (χ0) is 18.7. The molecule has 2 nitrogen and oxygen atoms in total. The van der Waals surface area contributed by atoms with Gasteiger partial charge in [-0.2, -0.15) is 0 Å². The van der Waals surface area contributed by atoms with Crippen LogP contribution >= 0.6 is 23.5 Å². The normalized spacial score (nSPS) is 16.3. The average Bonchev–Trinajstić information content (AvgIpc) is 3.12. The fourth-order valence-corrected chi connectivity index (χ4v) is 6.69. The fraction of sp³-hybridized carbons (Fsp3) is 0.409. The third-order valence-corrected chi connectivity index (χ3v) is 8.39. The van der Waals surface area contributed by atoms with Crippen LogP contribution in [-0.4, -0.2) is 36.3 Å². The molecule has 0 radical (unpaired) electrons. The molecular formula is C22H28N2S2. The van der Waals surface area contributed by atoms with E-state index in [1.807, 2.05) is 6.34 Å². The quantitative estimate of drug-likeness (QED) is 0.471. The molecule has 1 aliphatic heterocycles. The maximum absolute atomic E-state index is 4.70. The Labute approximate surface area is 166 Å². The van der Waals surface area contributed by atoms with Crippen molar-refractivity contribution in [1.82, 2.24) is 4.90 Å². The Morgan fingerprint density at radius 2 is 1.81 bits per heavy atom. The van der Waals surface area contributed by atoms with Gasteiger partial charge in [0.25, 0.3) is 0 Å². The number of aliphatic imine (C=N–C) groups is 1. The molecule has 2 aromatic carbocycles. The Morgan fingerprint density at radius 3 is 2.46 bits per heavy atom. The molecule has 0 spiro atoms. The van der Waals surface area contributed by atoms with Crippen molar-refractivity contribution in [2.75, 3.05) is 25.1 Å². The summed E-state index contributed by atoms with van der Waals surface area (Å²) in [6.07, 6.45) is 1.93. The topological polar surface area (TPSA) is 15.6 Å². The van der Waals surface area contributed by atoms with Crippen LogP contribution < -0.4 is 0 Å². The molecule has 1 fully saturated rings. The summed E-state index contributed by atoms with van der Waals surface area (Å²) in [4.78, 5) is 6.80. The largest absolute Gasteiger partial charge is 0.366 e. The summed E-state index contributed by atoms with van der Waals surface area (Å²) in [5.74, 6) is 2.39. The number of rotatable bonds is 5. The van der Waals surface area contributed by atoms with Gasteiger partial charge in [0.1, 0.15) is 4.08 Å². The lowest BCUT2D eigenvalue weighted by atomic mass is 9.95. The molecule has 0 aromatic heterocycles. The van der Waals surface area contributed by atoms with Crippen LogP contribution in [0.2, 0.25) is 0 Å². The Balaban J connectivity index is 2.06. The molecule has 1 heterocycles. The molecule has 26 heavy (non-hydrogen) atoms. The van der Waals surface area contributed by atoms with Gasteiger partial charge in [-0.3, -0.25) is 0 Å². The van der Waals surface area contributed by atoms with Crippen LogP contribution in [0.5, 0.6) is 0 Å². The number of hydrogen-bond acceptors (Lipinski definition) is 3. The number of benzene rings is 2. The Kier molecular flexibility index (Phi) is 6.03. The summed E-state index contributed by atoms with van der Waals surface area (Å²) in [6, 6.07) is 13.6.